The van der Waals surface area contributed by atoms with Crippen LogP contribution in [0, 0.1) is 6.92 Å². The van der Waals surface area contributed by atoms with E-state index in [0.717, 1.165) is 31.5 Å². The SMILES string of the molecule is Cc1ccc(CN2CC[C@H]3O[C@@H](COCc4cccnc4)CC[C@H]32)s1. The molecule has 0 saturated carbocycles. The fraction of sp³-hybridized carbons (Fsp3) is 0.550. The number of nitrogens with zero attached hydrogens (tertiary/aromatic N) is 2. The molecule has 0 amide bonds. The first-order chi connectivity index (χ1) is 12.3. The van der Waals surface area contributed by atoms with Crippen LogP contribution in [0.3, 0.4) is 0 Å². The van der Waals surface area contributed by atoms with E-state index >= 15 is 0 Å². The van der Waals surface area contributed by atoms with Crippen LogP contribution in [0.15, 0.2) is 36.7 Å². The van der Waals surface area contributed by atoms with Gasteiger partial charge >= 0.3 is 0 Å². The minimum atomic E-state index is 0.238. The Balaban J connectivity index is 1.24. The van der Waals surface area contributed by atoms with Gasteiger partial charge in [-0.05, 0) is 49.9 Å². The van der Waals surface area contributed by atoms with Crippen molar-refractivity contribution in [1.82, 2.24) is 9.88 Å². The average Bonchev–Trinajstić information content (AvgIpc) is 3.22. The Morgan fingerprint density at radius 3 is 3.04 bits per heavy atom. The van der Waals surface area contributed by atoms with Gasteiger partial charge in [0.25, 0.3) is 0 Å². The van der Waals surface area contributed by atoms with Gasteiger partial charge in [0.05, 0.1) is 25.4 Å². The molecule has 0 spiro atoms. The van der Waals surface area contributed by atoms with E-state index in [4.69, 9.17) is 9.47 Å². The van der Waals surface area contributed by atoms with Crippen LogP contribution < -0.4 is 0 Å². The highest BCUT2D eigenvalue weighted by atomic mass is 32.1. The molecule has 25 heavy (non-hydrogen) atoms. The smallest absolute Gasteiger partial charge is 0.0813 e. The number of rotatable bonds is 6. The lowest BCUT2D eigenvalue weighted by Crippen LogP contribution is -2.43. The molecular weight excluding hydrogens is 332 g/mol. The minimum absolute atomic E-state index is 0.238. The van der Waals surface area contributed by atoms with Crippen molar-refractivity contribution in [3.8, 4) is 0 Å². The van der Waals surface area contributed by atoms with Crippen LogP contribution in [-0.2, 0) is 22.6 Å². The molecule has 4 nitrogen and oxygen atoms in total. The molecule has 4 rings (SSSR count). The molecule has 0 bridgehead atoms. The van der Waals surface area contributed by atoms with Crippen molar-refractivity contribution < 1.29 is 9.47 Å². The lowest BCUT2D eigenvalue weighted by Gasteiger charge is -2.35. The van der Waals surface area contributed by atoms with E-state index in [1.165, 1.54) is 16.2 Å². The summed E-state index contributed by atoms with van der Waals surface area (Å²) in [5.41, 5.74) is 1.12. The Bertz CT molecular complexity index is 675. The second-order valence-corrected chi connectivity index (χ2v) is 8.46. The van der Waals surface area contributed by atoms with Crippen LogP contribution in [0.1, 0.15) is 34.6 Å². The Morgan fingerprint density at radius 1 is 1.28 bits per heavy atom. The number of likely N-dealkylation sites (tertiary alicyclic amines) is 1. The highest BCUT2D eigenvalue weighted by Crippen LogP contribution is 2.33. The van der Waals surface area contributed by atoms with Crippen molar-refractivity contribution in [2.24, 2.45) is 0 Å². The maximum Gasteiger partial charge on any atom is 0.0813 e. The molecule has 0 radical (unpaired) electrons. The second kappa shape index (κ2) is 7.96. The summed E-state index contributed by atoms with van der Waals surface area (Å²) in [6.45, 7) is 5.70. The number of pyridine rings is 1. The van der Waals surface area contributed by atoms with E-state index in [9.17, 15) is 0 Å². The lowest BCUT2D eigenvalue weighted by molar-refractivity contribution is -0.102. The zero-order chi connectivity index (χ0) is 17.1. The standard InChI is InChI=1S/C20H26N2O2S/c1-15-4-6-18(25-15)12-22-10-8-20-19(22)7-5-17(24-20)14-23-13-16-3-2-9-21-11-16/h2-4,6,9,11,17,19-20H,5,7-8,10,12-14H2,1H3/t17-,19-,20-/m1/s1. The zero-order valence-corrected chi connectivity index (χ0v) is 15.6. The highest BCUT2D eigenvalue weighted by Gasteiger charge is 2.39. The van der Waals surface area contributed by atoms with Crippen LogP contribution in [-0.4, -0.2) is 41.3 Å². The Morgan fingerprint density at radius 2 is 2.24 bits per heavy atom. The molecule has 4 heterocycles. The molecule has 3 atom stereocenters. The molecular formula is C20H26N2O2S. The van der Waals surface area contributed by atoms with Crippen molar-refractivity contribution in [3.63, 3.8) is 0 Å². The number of thiophene rings is 1. The molecule has 2 aliphatic heterocycles. The van der Waals surface area contributed by atoms with Crippen LogP contribution in [0.25, 0.3) is 0 Å². The van der Waals surface area contributed by atoms with E-state index in [-0.39, 0.29) is 6.10 Å². The van der Waals surface area contributed by atoms with Crippen LogP contribution >= 0.6 is 11.3 Å². The summed E-state index contributed by atoms with van der Waals surface area (Å²) in [7, 11) is 0. The molecule has 2 saturated heterocycles. The van der Waals surface area contributed by atoms with Gasteiger partial charge in [-0.3, -0.25) is 9.88 Å². The van der Waals surface area contributed by atoms with Gasteiger partial charge in [0.1, 0.15) is 0 Å². The number of hydrogen-bond donors (Lipinski definition) is 0. The summed E-state index contributed by atoms with van der Waals surface area (Å²) in [6, 6.07) is 9.07. The van der Waals surface area contributed by atoms with Gasteiger partial charge in [0.2, 0.25) is 0 Å². The Labute approximate surface area is 153 Å². The van der Waals surface area contributed by atoms with Crippen molar-refractivity contribution in [1.29, 1.82) is 0 Å². The van der Waals surface area contributed by atoms with Crippen molar-refractivity contribution in [2.75, 3.05) is 13.2 Å². The zero-order valence-electron chi connectivity index (χ0n) is 14.8. The van der Waals surface area contributed by atoms with Crippen molar-refractivity contribution in [3.05, 3.63) is 52.0 Å². The second-order valence-electron chi connectivity index (χ2n) is 7.09. The van der Waals surface area contributed by atoms with Crippen LogP contribution in [0.5, 0.6) is 0 Å². The molecule has 0 aromatic carbocycles. The predicted molar refractivity (Wildman–Crippen MR) is 99.7 cm³/mol. The number of aromatic nitrogens is 1. The maximum absolute atomic E-state index is 6.34. The summed E-state index contributed by atoms with van der Waals surface area (Å²) in [5, 5.41) is 0. The Kier molecular flexibility index (Phi) is 5.46. The monoisotopic (exact) mass is 358 g/mol. The summed E-state index contributed by atoms with van der Waals surface area (Å²) in [5.74, 6) is 0. The van der Waals surface area contributed by atoms with Crippen LogP contribution in [0.4, 0.5) is 0 Å². The van der Waals surface area contributed by atoms with E-state index in [2.05, 4.69) is 28.9 Å². The normalized spacial score (nSPS) is 26.7. The van der Waals surface area contributed by atoms with Crippen molar-refractivity contribution >= 4 is 11.3 Å². The molecule has 0 aliphatic carbocycles. The van der Waals surface area contributed by atoms with Gasteiger partial charge in [-0.2, -0.15) is 0 Å². The average molecular weight is 359 g/mol. The molecule has 2 aliphatic rings. The van der Waals surface area contributed by atoms with E-state index in [0.29, 0.717) is 25.4 Å². The molecule has 0 unspecified atom stereocenters. The van der Waals surface area contributed by atoms with Crippen molar-refractivity contribution in [2.45, 2.75) is 57.6 Å². The first kappa shape index (κ1) is 17.2. The largest absolute Gasteiger partial charge is 0.374 e. The third-order valence-corrected chi connectivity index (χ3v) is 6.19. The predicted octanol–water partition coefficient (Wildman–Crippen LogP) is 3.79. The highest BCUT2D eigenvalue weighted by molar-refractivity contribution is 7.11. The van der Waals surface area contributed by atoms with Gasteiger partial charge < -0.3 is 9.47 Å². The van der Waals surface area contributed by atoms with E-state index < -0.39 is 0 Å². The van der Waals surface area contributed by atoms with E-state index in [1.54, 1.807) is 6.20 Å². The van der Waals surface area contributed by atoms with Gasteiger partial charge in [-0.15, -0.1) is 11.3 Å². The first-order valence-electron chi connectivity index (χ1n) is 9.19. The minimum Gasteiger partial charge on any atom is -0.374 e. The molecule has 134 valence electrons. The number of hydrogen-bond acceptors (Lipinski definition) is 5. The van der Waals surface area contributed by atoms with Gasteiger partial charge in [0, 0.05) is 41.3 Å². The quantitative estimate of drug-likeness (QED) is 0.787. The topological polar surface area (TPSA) is 34.6 Å². The lowest BCUT2D eigenvalue weighted by atomic mass is 9.99. The molecule has 2 aromatic heterocycles. The van der Waals surface area contributed by atoms with E-state index in [1.807, 2.05) is 29.7 Å². The fourth-order valence-electron chi connectivity index (χ4n) is 3.97. The maximum atomic E-state index is 6.34. The third kappa shape index (κ3) is 4.29. The summed E-state index contributed by atoms with van der Waals surface area (Å²) >= 11 is 1.92. The fourth-order valence-corrected chi connectivity index (χ4v) is 4.88. The van der Waals surface area contributed by atoms with Gasteiger partial charge in [-0.25, -0.2) is 0 Å². The Hall–Kier alpha value is -1.27. The number of fused-ring (bicyclic) bond motifs is 1. The van der Waals surface area contributed by atoms with Crippen LogP contribution in [0.2, 0.25) is 0 Å². The molecule has 2 fully saturated rings. The summed E-state index contributed by atoms with van der Waals surface area (Å²) in [6.07, 6.45) is 7.72. The summed E-state index contributed by atoms with van der Waals surface area (Å²) < 4.78 is 12.2. The first-order valence-corrected chi connectivity index (χ1v) is 10.0. The number of aryl methyl sites for hydroxylation is 1. The van der Waals surface area contributed by atoms with Gasteiger partial charge in [-0.1, -0.05) is 6.07 Å². The number of ether oxygens (including phenoxy) is 2. The molecule has 2 aromatic rings. The third-order valence-electron chi connectivity index (χ3n) is 5.20. The molecule has 0 N–H and O–H groups in total. The van der Waals surface area contributed by atoms with Gasteiger partial charge in [0.15, 0.2) is 0 Å². The molecule has 5 heteroatoms. The summed E-state index contributed by atoms with van der Waals surface area (Å²) in [4.78, 5) is 9.61.